The number of nitrogens with one attached hydrogen (secondary N) is 1. The Morgan fingerprint density at radius 2 is 2.24 bits per heavy atom. The SMILES string of the molecule is CCCNC(N)=NCC(=O)N(C)CCc1ccccn1.I. The average molecular weight is 405 g/mol. The summed E-state index contributed by atoms with van der Waals surface area (Å²) in [6.07, 6.45) is 3.45. The molecule has 0 aromatic carbocycles. The Hall–Kier alpha value is -1.38. The van der Waals surface area contributed by atoms with E-state index in [9.17, 15) is 4.79 Å². The number of hydrogen-bond donors (Lipinski definition) is 2. The van der Waals surface area contributed by atoms with E-state index in [1.165, 1.54) is 0 Å². The Kier molecular flexibility index (Phi) is 10.6. The molecule has 6 nitrogen and oxygen atoms in total. The first-order valence-corrected chi connectivity index (χ1v) is 6.81. The molecule has 1 aromatic heterocycles. The Morgan fingerprint density at radius 1 is 1.48 bits per heavy atom. The molecule has 0 unspecified atom stereocenters. The van der Waals surface area contributed by atoms with Crippen molar-refractivity contribution >= 4 is 35.8 Å². The average Bonchev–Trinajstić information content (AvgIpc) is 2.49. The molecule has 7 heteroatoms. The van der Waals surface area contributed by atoms with Gasteiger partial charge in [-0.1, -0.05) is 13.0 Å². The van der Waals surface area contributed by atoms with Crippen LogP contribution in [0.15, 0.2) is 29.4 Å². The van der Waals surface area contributed by atoms with Gasteiger partial charge in [-0.25, -0.2) is 4.99 Å². The van der Waals surface area contributed by atoms with Crippen LogP contribution in [0.2, 0.25) is 0 Å². The number of likely N-dealkylation sites (N-methyl/N-ethyl adjacent to an activating group) is 1. The minimum Gasteiger partial charge on any atom is -0.370 e. The molecule has 0 fully saturated rings. The number of aliphatic imine (C=N–C) groups is 1. The number of hydrogen-bond acceptors (Lipinski definition) is 3. The number of guanidine groups is 1. The summed E-state index contributed by atoms with van der Waals surface area (Å²) in [5, 5.41) is 2.93. The van der Waals surface area contributed by atoms with Gasteiger partial charge in [-0.3, -0.25) is 9.78 Å². The summed E-state index contributed by atoms with van der Waals surface area (Å²) in [6.45, 7) is 3.49. The molecule has 1 aromatic rings. The van der Waals surface area contributed by atoms with Crippen LogP contribution in [0, 0.1) is 0 Å². The molecule has 0 atom stereocenters. The van der Waals surface area contributed by atoms with Crippen molar-refractivity contribution in [3.8, 4) is 0 Å². The number of halogens is 1. The quantitative estimate of drug-likeness (QED) is 0.403. The minimum atomic E-state index is -0.0535. The molecule has 0 aliphatic heterocycles. The fraction of sp³-hybridized carbons (Fsp3) is 0.500. The van der Waals surface area contributed by atoms with Crippen molar-refractivity contribution in [1.29, 1.82) is 0 Å². The highest BCUT2D eigenvalue weighted by Gasteiger charge is 2.08. The normalized spacial score (nSPS) is 10.7. The largest absolute Gasteiger partial charge is 0.370 e. The molecule has 21 heavy (non-hydrogen) atoms. The molecule has 3 N–H and O–H groups in total. The van der Waals surface area contributed by atoms with Gasteiger partial charge in [0.2, 0.25) is 5.91 Å². The zero-order valence-corrected chi connectivity index (χ0v) is 14.9. The van der Waals surface area contributed by atoms with Crippen LogP contribution in [0.5, 0.6) is 0 Å². The maximum Gasteiger partial charge on any atom is 0.244 e. The van der Waals surface area contributed by atoms with Crippen molar-refractivity contribution in [3.63, 3.8) is 0 Å². The molecular formula is C14H24IN5O. The van der Waals surface area contributed by atoms with E-state index in [0.29, 0.717) is 12.5 Å². The summed E-state index contributed by atoms with van der Waals surface area (Å²) in [6, 6.07) is 5.76. The second-order valence-corrected chi connectivity index (χ2v) is 4.51. The fourth-order valence-electron chi connectivity index (χ4n) is 1.54. The van der Waals surface area contributed by atoms with E-state index in [1.54, 1.807) is 18.1 Å². The number of carbonyl (C=O) groups excluding carboxylic acids is 1. The van der Waals surface area contributed by atoms with Gasteiger partial charge in [-0.05, 0) is 18.6 Å². The van der Waals surface area contributed by atoms with Crippen LogP contribution in [0.3, 0.4) is 0 Å². The monoisotopic (exact) mass is 405 g/mol. The standard InChI is InChI=1S/C14H23N5O.HI/c1-3-8-17-14(15)18-11-13(20)19(2)10-7-12-6-4-5-9-16-12;/h4-6,9H,3,7-8,10-11H2,1-2H3,(H3,15,17,18);1H. The lowest BCUT2D eigenvalue weighted by molar-refractivity contribution is -0.128. The van der Waals surface area contributed by atoms with Crippen LogP contribution in [0.4, 0.5) is 0 Å². The highest BCUT2D eigenvalue weighted by atomic mass is 127. The lowest BCUT2D eigenvalue weighted by Crippen LogP contribution is -2.35. The lowest BCUT2D eigenvalue weighted by Gasteiger charge is -2.15. The number of pyridine rings is 1. The molecule has 0 spiro atoms. The molecule has 1 rings (SSSR count). The second-order valence-electron chi connectivity index (χ2n) is 4.51. The lowest BCUT2D eigenvalue weighted by atomic mass is 10.2. The van der Waals surface area contributed by atoms with E-state index in [-0.39, 0.29) is 36.4 Å². The summed E-state index contributed by atoms with van der Waals surface area (Å²) in [5.41, 5.74) is 6.60. The number of amides is 1. The van der Waals surface area contributed by atoms with Crippen LogP contribution in [0.25, 0.3) is 0 Å². The fourth-order valence-corrected chi connectivity index (χ4v) is 1.54. The topological polar surface area (TPSA) is 83.6 Å². The number of aromatic nitrogens is 1. The number of carbonyl (C=O) groups is 1. The van der Waals surface area contributed by atoms with Crippen molar-refractivity contribution in [2.45, 2.75) is 19.8 Å². The van der Waals surface area contributed by atoms with Crippen LogP contribution in [-0.2, 0) is 11.2 Å². The van der Waals surface area contributed by atoms with E-state index in [2.05, 4.69) is 15.3 Å². The van der Waals surface area contributed by atoms with Gasteiger partial charge >= 0.3 is 0 Å². The van der Waals surface area contributed by atoms with Gasteiger partial charge in [0, 0.05) is 38.4 Å². The summed E-state index contributed by atoms with van der Waals surface area (Å²) < 4.78 is 0. The smallest absolute Gasteiger partial charge is 0.244 e. The minimum absolute atomic E-state index is 0. The number of nitrogens with zero attached hydrogens (tertiary/aromatic N) is 3. The molecule has 0 radical (unpaired) electrons. The maximum atomic E-state index is 11.9. The third-order valence-electron chi connectivity index (χ3n) is 2.80. The number of rotatable bonds is 7. The molecule has 0 saturated heterocycles. The zero-order valence-electron chi connectivity index (χ0n) is 12.6. The van der Waals surface area contributed by atoms with Gasteiger partial charge in [-0.2, -0.15) is 0 Å². The summed E-state index contributed by atoms with van der Waals surface area (Å²) in [4.78, 5) is 21.7. The third-order valence-corrected chi connectivity index (χ3v) is 2.80. The maximum absolute atomic E-state index is 11.9. The van der Waals surface area contributed by atoms with Gasteiger partial charge in [0.05, 0.1) is 0 Å². The van der Waals surface area contributed by atoms with E-state index in [1.807, 2.05) is 25.1 Å². The molecule has 118 valence electrons. The van der Waals surface area contributed by atoms with Crippen LogP contribution >= 0.6 is 24.0 Å². The molecule has 0 aliphatic rings. The van der Waals surface area contributed by atoms with Crippen molar-refractivity contribution < 1.29 is 4.79 Å². The Bertz CT molecular complexity index is 438. The van der Waals surface area contributed by atoms with Gasteiger partial charge in [0.15, 0.2) is 5.96 Å². The predicted molar refractivity (Wildman–Crippen MR) is 95.8 cm³/mol. The molecule has 0 aliphatic carbocycles. The van der Waals surface area contributed by atoms with E-state index in [0.717, 1.165) is 25.1 Å². The summed E-state index contributed by atoms with van der Waals surface area (Å²) in [7, 11) is 1.76. The molecule has 0 bridgehead atoms. The van der Waals surface area contributed by atoms with E-state index < -0.39 is 0 Å². The first-order chi connectivity index (χ1) is 9.63. The first-order valence-electron chi connectivity index (χ1n) is 6.81. The molecule has 1 heterocycles. The molecule has 0 saturated carbocycles. The van der Waals surface area contributed by atoms with Crippen LogP contribution in [0.1, 0.15) is 19.0 Å². The second kappa shape index (κ2) is 11.3. The van der Waals surface area contributed by atoms with E-state index in [4.69, 9.17) is 5.73 Å². The van der Waals surface area contributed by atoms with Crippen LogP contribution < -0.4 is 11.1 Å². The van der Waals surface area contributed by atoms with Gasteiger partial charge < -0.3 is 16.0 Å². The predicted octanol–water partition coefficient (Wildman–Crippen LogP) is 1.01. The Morgan fingerprint density at radius 3 is 2.86 bits per heavy atom. The van der Waals surface area contributed by atoms with Gasteiger partial charge in [-0.15, -0.1) is 24.0 Å². The van der Waals surface area contributed by atoms with E-state index >= 15 is 0 Å². The van der Waals surface area contributed by atoms with Gasteiger partial charge in [0.25, 0.3) is 0 Å². The third kappa shape index (κ3) is 8.49. The Labute approximate surface area is 143 Å². The summed E-state index contributed by atoms with van der Waals surface area (Å²) >= 11 is 0. The number of nitrogens with two attached hydrogens (primary N) is 1. The first kappa shape index (κ1) is 19.6. The summed E-state index contributed by atoms with van der Waals surface area (Å²) in [5.74, 6) is 0.264. The van der Waals surface area contributed by atoms with Crippen molar-refractivity contribution in [2.24, 2.45) is 10.7 Å². The highest BCUT2D eigenvalue weighted by Crippen LogP contribution is 1.97. The highest BCUT2D eigenvalue weighted by molar-refractivity contribution is 14.0. The molecule has 1 amide bonds. The van der Waals surface area contributed by atoms with Crippen molar-refractivity contribution in [1.82, 2.24) is 15.2 Å². The van der Waals surface area contributed by atoms with Crippen molar-refractivity contribution in [2.75, 3.05) is 26.7 Å². The van der Waals surface area contributed by atoms with Crippen LogP contribution in [-0.4, -0.2) is 48.4 Å². The van der Waals surface area contributed by atoms with Crippen molar-refractivity contribution in [3.05, 3.63) is 30.1 Å². The zero-order chi connectivity index (χ0) is 14.8. The van der Waals surface area contributed by atoms with Gasteiger partial charge in [0.1, 0.15) is 6.54 Å². The molecular weight excluding hydrogens is 381 g/mol. The Balaban J connectivity index is 0.00000400.